The van der Waals surface area contributed by atoms with Crippen molar-refractivity contribution >= 4 is 45.1 Å². The van der Waals surface area contributed by atoms with Crippen molar-refractivity contribution < 1.29 is 18.7 Å². The highest BCUT2D eigenvalue weighted by molar-refractivity contribution is 9.10. The third-order valence-corrected chi connectivity index (χ3v) is 4.03. The van der Waals surface area contributed by atoms with E-state index in [1.54, 1.807) is 12.1 Å². The Hall–Kier alpha value is -1.92. The summed E-state index contributed by atoms with van der Waals surface area (Å²) >= 11 is 9.05. The molecule has 2 rings (SSSR count). The van der Waals surface area contributed by atoms with Crippen LogP contribution in [-0.4, -0.2) is 18.5 Å². The lowest BCUT2D eigenvalue weighted by molar-refractivity contribution is -0.119. The number of hydrogen-bond acceptors (Lipinski definition) is 3. The number of rotatable bonds is 4. The van der Waals surface area contributed by atoms with Crippen molar-refractivity contribution in [2.75, 3.05) is 11.9 Å². The standard InChI is InChI=1S/C16H12BrClFNO3/c1-9-2-4-11(7-13(9)17)20-15(21)8-23-16(22)12-6-10(18)3-5-14(12)19/h2-7H,8H2,1H3,(H,20,21). The van der Waals surface area contributed by atoms with Gasteiger partial charge in [0.2, 0.25) is 0 Å². The number of benzene rings is 2. The molecule has 120 valence electrons. The number of esters is 1. The molecule has 0 fully saturated rings. The molecule has 2 aromatic carbocycles. The minimum atomic E-state index is -0.953. The predicted octanol–water partition coefficient (Wildman–Crippen LogP) is 4.35. The molecular formula is C16H12BrClFNO3. The van der Waals surface area contributed by atoms with E-state index in [1.807, 2.05) is 13.0 Å². The predicted molar refractivity (Wildman–Crippen MR) is 89.2 cm³/mol. The van der Waals surface area contributed by atoms with Crippen LogP contribution in [0.15, 0.2) is 40.9 Å². The fourth-order valence-corrected chi connectivity index (χ4v) is 2.28. The number of carbonyl (C=O) groups is 2. The number of amides is 1. The Labute approximate surface area is 145 Å². The highest BCUT2D eigenvalue weighted by Gasteiger charge is 2.15. The largest absolute Gasteiger partial charge is 0.452 e. The molecule has 0 aliphatic carbocycles. The third-order valence-electron chi connectivity index (χ3n) is 2.94. The SMILES string of the molecule is Cc1ccc(NC(=O)COC(=O)c2cc(Cl)ccc2F)cc1Br. The Morgan fingerprint density at radius 3 is 2.70 bits per heavy atom. The lowest BCUT2D eigenvalue weighted by Crippen LogP contribution is -2.21. The van der Waals surface area contributed by atoms with E-state index in [2.05, 4.69) is 21.2 Å². The smallest absolute Gasteiger partial charge is 0.341 e. The maximum atomic E-state index is 13.5. The van der Waals surface area contributed by atoms with Crippen molar-refractivity contribution in [3.63, 3.8) is 0 Å². The minimum Gasteiger partial charge on any atom is -0.452 e. The third kappa shape index (κ3) is 4.77. The van der Waals surface area contributed by atoms with Crippen LogP contribution in [-0.2, 0) is 9.53 Å². The van der Waals surface area contributed by atoms with Crippen molar-refractivity contribution in [3.8, 4) is 0 Å². The summed E-state index contributed by atoms with van der Waals surface area (Å²) in [6, 6.07) is 8.79. The van der Waals surface area contributed by atoms with Gasteiger partial charge in [-0.2, -0.15) is 0 Å². The normalized spacial score (nSPS) is 10.3. The fraction of sp³-hybridized carbons (Fsp3) is 0.125. The van der Waals surface area contributed by atoms with Crippen molar-refractivity contribution in [1.29, 1.82) is 0 Å². The average molecular weight is 401 g/mol. The number of ether oxygens (including phenoxy) is 1. The van der Waals surface area contributed by atoms with Crippen LogP contribution in [0.4, 0.5) is 10.1 Å². The number of aryl methyl sites for hydroxylation is 1. The molecule has 0 bridgehead atoms. The number of hydrogen-bond donors (Lipinski definition) is 1. The lowest BCUT2D eigenvalue weighted by atomic mass is 10.2. The van der Waals surface area contributed by atoms with E-state index in [4.69, 9.17) is 16.3 Å². The molecule has 0 aliphatic heterocycles. The Bertz CT molecular complexity index is 767. The Morgan fingerprint density at radius 1 is 1.26 bits per heavy atom. The zero-order chi connectivity index (χ0) is 17.0. The molecule has 0 atom stereocenters. The molecule has 1 amide bonds. The van der Waals surface area contributed by atoms with Gasteiger partial charge in [0.1, 0.15) is 5.82 Å². The monoisotopic (exact) mass is 399 g/mol. The van der Waals surface area contributed by atoms with Crippen LogP contribution >= 0.6 is 27.5 Å². The van der Waals surface area contributed by atoms with Gasteiger partial charge in [0.05, 0.1) is 5.56 Å². The Kier molecular flexibility index (Phi) is 5.74. The maximum Gasteiger partial charge on any atom is 0.341 e. The molecule has 0 spiro atoms. The van der Waals surface area contributed by atoms with Crippen LogP contribution < -0.4 is 5.32 Å². The topological polar surface area (TPSA) is 55.4 Å². The van der Waals surface area contributed by atoms with Crippen molar-refractivity contribution in [3.05, 3.63) is 62.8 Å². The van der Waals surface area contributed by atoms with Gasteiger partial charge in [-0.15, -0.1) is 0 Å². The summed E-state index contributed by atoms with van der Waals surface area (Å²) in [5.41, 5.74) is 1.26. The Balaban J connectivity index is 1.94. The summed E-state index contributed by atoms with van der Waals surface area (Å²) in [5, 5.41) is 2.78. The second-order valence-electron chi connectivity index (χ2n) is 4.71. The molecule has 2 aromatic rings. The molecule has 0 heterocycles. The van der Waals surface area contributed by atoms with Crippen LogP contribution in [0.3, 0.4) is 0 Å². The molecule has 0 aliphatic rings. The molecule has 0 unspecified atom stereocenters. The summed E-state index contributed by atoms with van der Waals surface area (Å²) < 4.78 is 19.1. The van der Waals surface area contributed by atoms with Gasteiger partial charge in [0, 0.05) is 15.2 Å². The second-order valence-corrected chi connectivity index (χ2v) is 6.00. The zero-order valence-corrected chi connectivity index (χ0v) is 14.4. The molecule has 23 heavy (non-hydrogen) atoms. The van der Waals surface area contributed by atoms with Crippen LogP contribution in [0.2, 0.25) is 5.02 Å². The summed E-state index contributed by atoms with van der Waals surface area (Å²) in [6.07, 6.45) is 0. The van der Waals surface area contributed by atoms with Crippen LogP contribution in [0.5, 0.6) is 0 Å². The molecule has 0 aromatic heterocycles. The lowest BCUT2D eigenvalue weighted by Gasteiger charge is -2.08. The van der Waals surface area contributed by atoms with E-state index in [0.29, 0.717) is 5.69 Å². The molecule has 0 saturated heterocycles. The molecule has 0 saturated carbocycles. The van der Waals surface area contributed by atoms with Gasteiger partial charge in [-0.1, -0.05) is 33.6 Å². The number of carbonyl (C=O) groups excluding carboxylic acids is 2. The highest BCUT2D eigenvalue weighted by Crippen LogP contribution is 2.20. The number of anilines is 1. The molecular weight excluding hydrogens is 389 g/mol. The van der Waals surface area contributed by atoms with Gasteiger partial charge in [-0.05, 0) is 42.8 Å². The van der Waals surface area contributed by atoms with Crippen LogP contribution in [0, 0.1) is 12.7 Å². The van der Waals surface area contributed by atoms with Gasteiger partial charge in [-0.3, -0.25) is 4.79 Å². The summed E-state index contributed by atoms with van der Waals surface area (Å²) in [7, 11) is 0. The van der Waals surface area contributed by atoms with Crippen molar-refractivity contribution in [2.24, 2.45) is 0 Å². The summed E-state index contributed by atoms with van der Waals surface area (Å²) in [6.45, 7) is 1.38. The van der Waals surface area contributed by atoms with Gasteiger partial charge in [0.25, 0.3) is 5.91 Å². The van der Waals surface area contributed by atoms with E-state index < -0.39 is 24.3 Å². The van der Waals surface area contributed by atoms with Crippen LogP contribution in [0.1, 0.15) is 15.9 Å². The van der Waals surface area contributed by atoms with Gasteiger partial charge in [-0.25, -0.2) is 9.18 Å². The minimum absolute atomic E-state index is 0.201. The van der Waals surface area contributed by atoms with E-state index in [0.717, 1.165) is 22.2 Å². The molecule has 0 radical (unpaired) electrons. The summed E-state index contributed by atoms with van der Waals surface area (Å²) in [5.74, 6) is -2.25. The van der Waals surface area contributed by atoms with Gasteiger partial charge >= 0.3 is 5.97 Å². The van der Waals surface area contributed by atoms with Crippen LogP contribution in [0.25, 0.3) is 0 Å². The summed E-state index contributed by atoms with van der Waals surface area (Å²) in [4.78, 5) is 23.5. The van der Waals surface area contributed by atoms with Gasteiger partial charge in [0.15, 0.2) is 6.61 Å². The average Bonchev–Trinajstić information content (AvgIpc) is 2.51. The Morgan fingerprint density at radius 2 is 2.00 bits per heavy atom. The van der Waals surface area contributed by atoms with E-state index in [1.165, 1.54) is 6.07 Å². The highest BCUT2D eigenvalue weighted by atomic mass is 79.9. The molecule has 7 heteroatoms. The van der Waals surface area contributed by atoms with Gasteiger partial charge < -0.3 is 10.1 Å². The fourth-order valence-electron chi connectivity index (χ4n) is 1.73. The van der Waals surface area contributed by atoms with E-state index in [9.17, 15) is 14.0 Å². The zero-order valence-electron chi connectivity index (χ0n) is 12.0. The van der Waals surface area contributed by atoms with E-state index >= 15 is 0 Å². The van der Waals surface area contributed by atoms with Crippen molar-refractivity contribution in [2.45, 2.75) is 6.92 Å². The maximum absolute atomic E-state index is 13.5. The first kappa shape index (κ1) is 17.4. The number of halogens is 3. The quantitative estimate of drug-likeness (QED) is 0.777. The first-order valence-corrected chi connectivity index (χ1v) is 7.72. The molecule has 1 N–H and O–H groups in total. The first-order valence-electron chi connectivity index (χ1n) is 6.55. The molecule has 4 nitrogen and oxygen atoms in total. The van der Waals surface area contributed by atoms with Crippen molar-refractivity contribution in [1.82, 2.24) is 0 Å². The first-order chi connectivity index (χ1) is 10.9. The second kappa shape index (κ2) is 7.57. The number of nitrogens with one attached hydrogen (secondary N) is 1. The van der Waals surface area contributed by atoms with E-state index in [-0.39, 0.29) is 10.6 Å².